The zero-order valence-corrected chi connectivity index (χ0v) is 13.8. The Hall–Kier alpha value is -3.23. The van der Waals surface area contributed by atoms with E-state index in [1.165, 1.54) is 17.1 Å². The molecule has 0 unspecified atom stereocenters. The SMILES string of the molecule is C=CCN(CC=C)c1c([N+](=O)[O-])cc(C(=O)O)c(CCC)c1[N+](=O)[O-]. The molecule has 0 spiro atoms. The average molecular weight is 349 g/mol. The van der Waals surface area contributed by atoms with Gasteiger partial charge in [-0.2, -0.15) is 0 Å². The number of nitrogens with zero attached hydrogens (tertiary/aromatic N) is 3. The largest absolute Gasteiger partial charge is 0.478 e. The van der Waals surface area contributed by atoms with Gasteiger partial charge in [0, 0.05) is 24.7 Å². The molecule has 0 fully saturated rings. The molecule has 134 valence electrons. The summed E-state index contributed by atoms with van der Waals surface area (Å²) in [7, 11) is 0. The molecule has 1 aromatic carbocycles. The monoisotopic (exact) mass is 349 g/mol. The Balaban J connectivity index is 3.99. The summed E-state index contributed by atoms with van der Waals surface area (Å²) in [5.74, 6) is -1.44. The lowest BCUT2D eigenvalue weighted by Crippen LogP contribution is -2.26. The van der Waals surface area contributed by atoms with Crippen LogP contribution in [-0.4, -0.2) is 34.0 Å². The van der Waals surface area contributed by atoms with Crippen molar-refractivity contribution in [3.05, 3.63) is 62.7 Å². The Morgan fingerprint density at radius 2 is 1.80 bits per heavy atom. The summed E-state index contributed by atoms with van der Waals surface area (Å²) < 4.78 is 0. The van der Waals surface area contributed by atoms with Gasteiger partial charge in [0.1, 0.15) is 0 Å². The predicted molar refractivity (Wildman–Crippen MR) is 93.3 cm³/mol. The molecule has 1 aromatic rings. The molecule has 0 atom stereocenters. The van der Waals surface area contributed by atoms with Gasteiger partial charge in [0.2, 0.25) is 0 Å². The fourth-order valence-electron chi connectivity index (χ4n) is 2.59. The molecule has 0 heterocycles. The highest BCUT2D eigenvalue weighted by Gasteiger charge is 2.36. The van der Waals surface area contributed by atoms with E-state index in [1.807, 2.05) is 0 Å². The third-order valence-electron chi connectivity index (χ3n) is 3.48. The number of anilines is 1. The Morgan fingerprint density at radius 1 is 1.24 bits per heavy atom. The van der Waals surface area contributed by atoms with Crippen molar-refractivity contribution in [3.63, 3.8) is 0 Å². The van der Waals surface area contributed by atoms with Crippen molar-refractivity contribution < 1.29 is 19.7 Å². The Labute approximate surface area is 144 Å². The van der Waals surface area contributed by atoms with Gasteiger partial charge in [-0.1, -0.05) is 25.5 Å². The number of carbonyl (C=O) groups is 1. The van der Waals surface area contributed by atoms with Crippen molar-refractivity contribution in [1.29, 1.82) is 0 Å². The van der Waals surface area contributed by atoms with Crippen LogP contribution in [0.1, 0.15) is 29.3 Å². The number of aromatic carboxylic acids is 1. The number of benzene rings is 1. The van der Waals surface area contributed by atoms with Crippen LogP contribution in [0.15, 0.2) is 31.4 Å². The Morgan fingerprint density at radius 3 is 2.16 bits per heavy atom. The van der Waals surface area contributed by atoms with Crippen molar-refractivity contribution in [3.8, 4) is 0 Å². The lowest BCUT2D eigenvalue weighted by molar-refractivity contribution is -0.393. The van der Waals surface area contributed by atoms with E-state index in [4.69, 9.17) is 0 Å². The molecule has 0 aromatic heterocycles. The summed E-state index contributed by atoms with van der Waals surface area (Å²) in [5, 5.41) is 32.5. The van der Waals surface area contributed by atoms with Gasteiger partial charge < -0.3 is 10.0 Å². The molecule has 0 saturated carbocycles. The number of nitro benzene ring substituents is 2. The van der Waals surface area contributed by atoms with E-state index >= 15 is 0 Å². The minimum absolute atomic E-state index is 0.0290. The molecule has 25 heavy (non-hydrogen) atoms. The summed E-state index contributed by atoms with van der Waals surface area (Å²) in [6, 6.07) is 0.884. The fraction of sp³-hybridized carbons (Fsp3) is 0.312. The van der Waals surface area contributed by atoms with Crippen molar-refractivity contribution in [2.45, 2.75) is 19.8 Å². The number of rotatable bonds is 10. The maximum Gasteiger partial charge on any atom is 0.336 e. The van der Waals surface area contributed by atoms with Crippen LogP contribution in [0.2, 0.25) is 0 Å². The molecule has 0 aliphatic rings. The van der Waals surface area contributed by atoms with Crippen LogP contribution in [0, 0.1) is 20.2 Å². The molecule has 0 radical (unpaired) electrons. The third kappa shape index (κ3) is 4.19. The molecule has 0 aliphatic carbocycles. The van der Waals surface area contributed by atoms with Crippen LogP contribution in [-0.2, 0) is 6.42 Å². The summed E-state index contributed by atoms with van der Waals surface area (Å²) in [6.45, 7) is 9.05. The van der Waals surface area contributed by atoms with E-state index in [2.05, 4.69) is 13.2 Å². The second-order valence-electron chi connectivity index (χ2n) is 5.17. The summed E-state index contributed by atoms with van der Waals surface area (Å²) >= 11 is 0. The lowest BCUT2D eigenvalue weighted by atomic mass is 9.97. The molecule has 0 aliphatic heterocycles. The van der Waals surface area contributed by atoms with E-state index in [9.17, 15) is 30.1 Å². The second kappa shape index (κ2) is 8.57. The molecular formula is C16H19N3O6. The zero-order chi connectivity index (χ0) is 19.1. The van der Waals surface area contributed by atoms with E-state index in [1.54, 1.807) is 6.92 Å². The number of nitro groups is 2. The summed E-state index contributed by atoms with van der Waals surface area (Å²) in [5.41, 5.74) is -1.88. The quantitative estimate of drug-likeness (QED) is 0.390. The maximum atomic E-state index is 11.7. The molecule has 9 nitrogen and oxygen atoms in total. The highest BCUT2D eigenvalue weighted by Crippen LogP contribution is 2.42. The molecule has 1 N–H and O–H groups in total. The first-order chi connectivity index (χ1) is 11.8. The molecule has 9 heteroatoms. The second-order valence-corrected chi connectivity index (χ2v) is 5.17. The van der Waals surface area contributed by atoms with E-state index < -0.39 is 32.8 Å². The topological polar surface area (TPSA) is 127 Å². The van der Waals surface area contributed by atoms with Crippen molar-refractivity contribution in [1.82, 2.24) is 0 Å². The van der Waals surface area contributed by atoms with E-state index in [-0.39, 0.29) is 30.8 Å². The first-order valence-corrected chi connectivity index (χ1v) is 7.48. The number of hydrogen-bond acceptors (Lipinski definition) is 6. The van der Waals surface area contributed by atoms with Crippen LogP contribution in [0.4, 0.5) is 17.1 Å². The molecule has 1 rings (SSSR count). The predicted octanol–water partition coefficient (Wildman–Crippen LogP) is 3.33. The van der Waals surface area contributed by atoms with Gasteiger partial charge in [-0.15, -0.1) is 13.2 Å². The minimum atomic E-state index is -1.44. The minimum Gasteiger partial charge on any atom is -0.478 e. The van der Waals surface area contributed by atoms with Gasteiger partial charge in [0.05, 0.1) is 15.4 Å². The van der Waals surface area contributed by atoms with Gasteiger partial charge in [-0.3, -0.25) is 20.2 Å². The highest BCUT2D eigenvalue weighted by atomic mass is 16.6. The van der Waals surface area contributed by atoms with Gasteiger partial charge in [-0.25, -0.2) is 4.79 Å². The van der Waals surface area contributed by atoms with Crippen LogP contribution in [0.5, 0.6) is 0 Å². The highest BCUT2D eigenvalue weighted by molar-refractivity contribution is 5.95. The van der Waals surface area contributed by atoms with Crippen molar-refractivity contribution in [2.75, 3.05) is 18.0 Å². The number of carboxylic acids is 1. The molecule has 0 amide bonds. The summed E-state index contributed by atoms with van der Waals surface area (Å²) in [6.07, 6.45) is 3.45. The van der Waals surface area contributed by atoms with Gasteiger partial charge in [-0.05, 0) is 6.42 Å². The van der Waals surface area contributed by atoms with E-state index in [0.717, 1.165) is 6.07 Å². The summed E-state index contributed by atoms with van der Waals surface area (Å²) in [4.78, 5) is 34.4. The zero-order valence-electron chi connectivity index (χ0n) is 13.8. The normalized spacial score (nSPS) is 10.1. The van der Waals surface area contributed by atoms with Crippen molar-refractivity contribution in [2.24, 2.45) is 0 Å². The molecular weight excluding hydrogens is 330 g/mol. The van der Waals surface area contributed by atoms with Crippen LogP contribution < -0.4 is 4.90 Å². The standard InChI is InChI=1S/C16H19N3O6/c1-4-7-11-12(16(20)21)10-13(18(22)23)15(14(11)19(24)25)17(8-5-2)9-6-3/h5-6,10H,2-4,7-9H2,1H3,(H,20,21). The molecule has 0 saturated heterocycles. The number of carboxylic acid groups (broad SMARTS) is 1. The lowest BCUT2D eigenvalue weighted by Gasteiger charge is -2.22. The average Bonchev–Trinajstić information content (AvgIpc) is 2.53. The van der Waals surface area contributed by atoms with Gasteiger partial charge >= 0.3 is 17.3 Å². The third-order valence-corrected chi connectivity index (χ3v) is 3.48. The van der Waals surface area contributed by atoms with Crippen LogP contribution in [0.25, 0.3) is 0 Å². The van der Waals surface area contributed by atoms with Gasteiger partial charge in [0.25, 0.3) is 0 Å². The molecule has 0 bridgehead atoms. The first-order valence-electron chi connectivity index (χ1n) is 7.48. The fourth-order valence-corrected chi connectivity index (χ4v) is 2.59. The Kier molecular flexibility index (Phi) is 6.80. The van der Waals surface area contributed by atoms with Crippen molar-refractivity contribution >= 4 is 23.0 Å². The number of hydrogen-bond donors (Lipinski definition) is 1. The van der Waals surface area contributed by atoms with Crippen LogP contribution in [0.3, 0.4) is 0 Å². The van der Waals surface area contributed by atoms with Crippen LogP contribution >= 0.6 is 0 Å². The van der Waals surface area contributed by atoms with E-state index in [0.29, 0.717) is 6.42 Å². The van der Waals surface area contributed by atoms with Gasteiger partial charge in [0.15, 0.2) is 5.69 Å². The first kappa shape index (κ1) is 19.8. The Bertz CT molecular complexity index is 719. The smallest absolute Gasteiger partial charge is 0.336 e. The maximum absolute atomic E-state index is 11.7.